The van der Waals surface area contributed by atoms with Gasteiger partial charge < -0.3 is 22.9 Å². The van der Waals surface area contributed by atoms with Crippen LogP contribution in [0.1, 0.15) is 20.7 Å². The molecule has 136 valence electrons. The van der Waals surface area contributed by atoms with Crippen LogP contribution in [0, 0.1) is 0 Å². The van der Waals surface area contributed by atoms with Gasteiger partial charge in [0.15, 0.2) is 11.9 Å². The van der Waals surface area contributed by atoms with Crippen LogP contribution in [0.5, 0.6) is 0 Å². The van der Waals surface area contributed by atoms with Crippen molar-refractivity contribution in [3.63, 3.8) is 0 Å². The molecule has 0 atom stereocenters. The molecule has 10 heteroatoms. The zero-order valence-electron chi connectivity index (χ0n) is 13.4. The molecule has 0 saturated heterocycles. The van der Waals surface area contributed by atoms with E-state index in [1.165, 1.54) is 0 Å². The van der Waals surface area contributed by atoms with Gasteiger partial charge in [-0.25, -0.2) is 9.98 Å². The minimum Gasteiger partial charge on any atom is -0.370 e. The summed E-state index contributed by atoms with van der Waals surface area (Å²) in [5.41, 5.74) is 22.6. The Labute approximate surface area is 159 Å². The van der Waals surface area contributed by atoms with E-state index in [1.807, 2.05) is 0 Å². The highest BCUT2D eigenvalue weighted by molar-refractivity contribution is 6.68. The Hall–Kier alpha value is -3.10. The van der Waals surface area contributed by atoms with Gasteiger partial charge in [0.25, 0.3) is 10.5 Å². The van der Waals surface area contributed by atoms with Gasteiger partial charge in [-0.3, -0.25) is 9.59 Å². The van der Waals surface area contributed by atoms with Gasteiger partial charge in [-0.05, 0) is 71.7 Å². The van der Waals surface area contributed by atoms with Crippen molar-refractivity contribution in [2.24, 2.45) is 32.9 Å². The van der Waals surface area contributed by atoms with Crippen LogP contribution in [0.25, 0.3) is 0 Å². The number of rotatable bonds is 4. The van der Waals surface area contributed by atoms with Crippen molar-refractivity contribution in [1.82, 2.24) is 0 Å². The quantitative estimate of drug-likeness (QED) is 0.351. The number of aliphatic imine (C=N–C) groups is 2. The van der Waals surface area contributed by atoms with Gasteiger partial charge in [-0.1, -0.05) is 0 Å². The van der Waals surface area contributed by atoms with E-state index in [0.717, 1.165) is 0 Å². The van der Waals surface area contributed by atoms with Crippen molar-refractivity contribution in [3.8, 4) is 0 Å². The summed E-state index contributed by atoms with van der Waals surface area (Å²) in [6.45, 7) is 0. The molecule has 0 heterocycles. The fourth-order valence-electron chi connectivity index (χ4n) is 1.63. The number of nitrogens with zero attached hydrogens (tertiary/aromatic N) is 2. The van der Waals surface area contributed by atoms with E-state index in [4.69, 9.17) is 46.1 Å². The minimum absolute atomic E-state index is 0.0232. The summed E-state index contributed by atoms with van der Waals surface area (Å²) in [7, 11) is 0. The van der Waals surface area contributed by atoms with Gasteiger partial charge in [0, 0.05) is 11.1 Å². The number of carbonyl (C=O) groups excluding carboxylic acids is 2. The zero-order valence-corrected chi connectivity index (χ0v) is 14.9. The highest BCUT2D eigenvalue weighted by Gasteiger charge is 2.00. The fourth-order valence-corrected chi connectivity index (χ4v) is 1.88. The molecule has 0 aliphatic rings. The molecule has 2 aromatic rings. The van der Waals surface area contributed by atoms with E-state index < -0.39 is 10.5 Å². The SMILES string of the molecule is NC(N)=Nc1ccc(C(=O)Cl)cc1.NC(N)=Nc1ccc(C(=O)Cl)cc1. The summed E-state index contributed by atoms with van der Waals surface area (Å²) in [5.74, 6) is -0.0464. The van der Waals surface area contributed by atoms with Crippen LogP contribution in [0.4, 0.5) is 11.4 Å². The van der Waals surface area contributed by atoms with Crippen molar-refractivity contribution in [1.29, 1.82) is 0 Å². The number of carbonyl (C=O) groups is 2. The van der Waals surface area contributed by atoms with Crippen molar-refractivity contribution in [3.05, 3.63) is 59.7 Å². The Bertz CT molecular complexity index is 753. The number of benzene rings is 2. The third-order valence-corrected chi connectivity index (χ3v) is 3.14. The lowest BCUT2D eigenvalue weighted by Gasteiger charge is -1.95. The van der Waals surface area contributed by atoms with Gasteiger partial charge in [0.05, 0.1) is 11.4 Å². The van der Waals surface area contributed by atoms with E-state index >= 15 is 0 Å². The van der Waals surface area contributed by atoms with E-state index in [0.29, 0.717) is 22.5 Å². The first-order valence-electron chi connectivity index (χ1n) is 6.98. The van der Waals surface area contributed by atoms with Gasteiger partial charge in [-0.15, -0.1) is 0 Å². The van der Waals surface area contributed by atoms with E-state index in [-0.39, 0.29) is 11.9 Å². The molecule has 2 aromatic carbocycles. The second-order valence-electron chi connectivity index (χ2n) is 4.71. The summed E-state index contributed by atoms with van der Waals surface area (Å²) in [6, 6.07) is 12.6. The van der Waals surface area contributed by atoms with Crippen LogP contribution in [0.2, 0.25) is 0 Å². The Kier molecular flexibility index (Phi) is 8.07. The van der Waals surface area contributed by atoms with Crippen molar-refractivity contribution in [2.75, 3.05) is 0 Å². The first-order chi connectivity index (χ1) is 12.2. The van der Waals surface area contributed by atoms with E-state index in [1.54, 1.807) is 48.5 Å². The summed E-state index contributed by atoms with van der Waals surface area (Å²) in [4.78, 5) is 28.9. The van der Waals surface area contributed by atoms with Crippen LogP contribution in [0.3, 0.4) is 0 Å². The molecule has 8 N–H and O–H groups in total. The van der Waals surface area contributed by atoms with Crippen LogP contribution < -0.4 is 22.9 Å². The topological polar surface area (TPSA) is 163 Å². The molecular formula is C16H16Cl2N6O2. The van der Waals surface area contributed by atoms with Crippen LogP contribution in [-0.4, -0.2) is 22.4 Å². The molecule has 0 fully saturated rings. The molecule has 0 radical (unpaired) electrons. The zero-order chi connectivity index (χ0) is 19.7. The van der Waals surface area contributed by atoms with Crippen LogP contribution in [-0.2, 0) is 0 Å². The Morgan fingerprint density at radius 3 is 1.08 bits per heavy atom. The average molecular weight is 395 g/mol. The summed E-state index contributed by atoms with van der Waals surface area (Å²) >= 11 is 10.5. The average Bonchev–Trinajstić information content (AvgIpc) is 2.55. The summed E-state index contributed by atoms with van der Waals surface area (Å²) in [5, 5.41) is -1.01. The molecule has 0 amide bonds. The monoisotopic (exact) mass is 394 g/mol. The lowest BCUT2D eigenvalue weighted by molar-refractivity contribution is 0.107. The molecule has 0 spiro atoms. The minimum atomic E-state index is -0.503. The Balaban J connectivity index is 0.000000260. The second kappa shape index (κ2) is 10.0. The lowest BCUT2D eigenvalue weighted by atomic mass is 10.2. The molecule has 0 aliphatic carbocycles. The molecule has 0 aromatic heterocycles. The van der Waals surface area contributed by atoms with Crippen LogP contribution in [0.15, 0.2) is 58.5 Å². The van der Waals surface area contributed by atoms with E-state index in [2.05, 4.69) is 9.98 Å². The van der Waals surface area contributed by atoms with Gasteiger partial charge >= 0.3 is 0 Å². The maximum Gasteiger partial charge on any atom is 0.252 e. The number of nitrogens with two attached hydrogens (primary N) is 4. The summed E-state index contributed by atoms with van der Waals surface area (Å²) < 4.78 is 0. The highest BCUT2D eigenvalue weighted by atomic mass is 35.5. The van der Waals surface area contributed by atoms with E-state index in [9.17, 15) is 9.59 Å². The third kappa shape index (κ3) is 7.65. The molecule has 0 saturated carbocycles. The third-order valence-electron chi connectivity index (χ3n) is 2.70. The second-order valence-corrected chi connectivity index (χ2v) is 5.40. The van der Waals surface area contributed by atoms with Crippen LogP contribution >= 0.6 is 23.2 Å². The fraction of sp³-hybridized carbons (Fsp3) is 0. The largest absolute Gasteiger partial charge is 0.370 e. The normalized spacial score (nSPS) is 9.31. The number of hydrogen-bond acceptors (Lipinski definition) is 4. The maximum atomic E-state index is 10.7. The molecule has 26 heavy (non-hydrogen) atoms. The maximum absolute atomic E-state index is 10.7. The molecule has 8 nitrogen and oxygen atoms in total. The first kappa shape index (κ1) is 20.9. The number of hydrogen-bond donors (Lipinski definition) is 4. The Morgan fingerprint density at radius 2 is 0.885 bits per heavy atom. The standard InChI is InChI=1S/2C8H8ClN3O/c2*9-7(13)5-1-3-6(4-2-5)12-8(10)11/h2*1-4H,(H4,10,11,12). The molecule has 2 rings (SSSR count). The van der Waals surface area contributed by atoms with Crippen molar-refractivity contribution in [2.45, 2.75) is 0 Å². The Morgan fingerprint density at radius 1 is 0.615 bits per heavy atom. The van der Waals surface area contributed by atoms with Gasteiger partial charge in [-0.2, -0.15) is 0 Å². The lowest BCUT2D eigenvalue weighted by Crippen LogP contribution is -2.21. The van der Waals surface area contributed by atoms with Gasteiger partial charge in [0.2, 0.25) is 0 Å². The van der Waals surface area contributed by atoms with Crippen molar-refractivity contribution < 1.29 is 9.59 Å². The smallest absolute Gasteiger partial charge is 0.252 e. The predicted molar refractivity (Wildman–Crippen MR) is 104 cm³/mol. The van der Waals surface area contributed by atoms with Gasteiger partial charge in [0.1, 0.15) is 0 Å². The van der Waals surface area contributed by atoms with Crippen molar-refractivity contribution >= 4 is 57.0 Å². The molecular weight excluding hydrogens is 379 g/mol. The predicted octanol–water partition coefficient (Wildman–Crippen LogP) is 1.94. The molecule has 0 bridgehead atoms. The molecule has 0 aliphatic heterocycles. The summed E-state index contributed by atoms with van der Waals surface area (Å²) in [6.07, 6.45) is 0. The highest BCUT2D eigenvalue weighted by Crippen LogP contribution is 2.14. The number of halogens is 2. The molecule has 0 unspecified atom stereocenters. The first-order valence-corrected chi connectivity index (χ1v) is 7.73. The number of guanidine groups is 2.